The summed E-state index contributed by atoms with van der Waals surface area (Å²) in [4.78, 5) is 12.1. The van der Waals surface area contributed by atoms with Crippen molar-refractivity contribution in [2.24, 2.45) is 0 Å². The van der Waals surface area contributed by atoms with Crippen LogP contribution in [0, 0.1) is 0 Å². The van der Waals surface area contributed by atoms with Crippen LogP contribution in [0.5, 0.6) is 11.5 Å². The molecule has 0 spiro atoms. The highest BCUT2D eigenvalue weighted by molar-refractivity contribution is 5.76. The second-order valence-electron chi connectivity index (χ2n) is 5.49. The first-order valence-corrected chi connectivity index (χ1v) is 7.54. The first-order valence-electron chi connectivity index (χ1n) is 7.54. The Labute approximate surface area is 137 Å². The molecule has 0 amide bonds. The fourth-order valence-electron chi connectivity index (χ4n) is 2.36. The molecule has 2 aromatic rings. The van der Waals surface area contributed by atoms with Gasteiger partial charge in [-0.05, 0) is 24.1 Å². The van der Waals surface area contributed by atoms with Crippen molar-refractivity contribution >= 4 is 5.97 Å². The highest BCUT2D eigenvalue weighted by Gasteiger charge is 2.24. The van der Waals surface area contributed by atoms with Crippen molar-refractivity contribution in [1.82, 2.24) is 0 Å². The third-order valence-corrected chi connectivity index (χ3v) is 3.59. The Balaban J connectivity index is 2.33. The molecule has 0 saturated heterocycles. The van der Waals surface area contributed by atoms with Gasteiger partial charge >= 0.3 is 5.97 Å². The summed E-state index contributed by atoms with van der Waals surface area (Å²) in [7, 11) is 3.00. The maximum absolute atomic E-state index is 12.1. The van der Waals surface area contributed by atoms with E-state index in [0.717, 1.165) is 16.9 Å². The molecule has 2 rings (SSSR count). The number of methoxy groups -OCH3 is 2. The van der Waals surface area contributed by atoms with Crippen LogP contribution in [0.4, 0.5) is 0 Å². The fourth-order valence-corrected chi connectivity index (χ4v) is 2.36. The predicted molar refractivity (Wildman–Crippen MR) is 88.9 cm³/mol. The van der Waals surface area contributed by atoms with Crippen molar-refractivity contribution in [1.29, 1.82) is 0 Å². The summed E-state index contributed by atoms with van der Waals surface area (Å²) >= 11 is 0. The van der Waals surface area contributed by atoms with Crippen LogP contribution in [-0.2, 0) is 9.53 Å². The van der Waals surface area contributed by atoms with Gasteiger partial charge < -0.3 is 14.2 Å². The van der Waals surface area contributed by atoms with Crippen LogP contribution in [0.15, 0.2) is 48.5 Å². The number of carbonyl (C=O) groups excluding carboxylic acids is 1. The van der Waals surface area contributed by atoms with Crippen LogP contribution in [0.3, 0.4) is 0 Å². The van der Waals surface area contributed by atoms with Gasteiger partial charge in [0.2, 0.25) is 6.10 Å². The minimum Gasteiger partial charge on any atom is -0.496 e. The van der Waals surface area contributed by atoms with Gasteiger partial charge in [-0.25, -0.2) is 4.79 Å². The van der Waals surface area contributed by atoms with Gasteiger partial charge in [-0.1, -0.05) is 44.2 Å². The number of rotatable bonds is 6. The molecular weight excluding hydrogens is 292 g/mol. The monoisotopic (exact) mass is 314 g/mol. The van der Waals surface area contributed by atoms with E-state index < -0.39 is 12.1 Å². The lowest BCUT2D eigenvalue weighted by Gasteiger charge is -2.19. The van der Waals surface area contributed by atoms with Gasteiger partial charge in [0.05, 0.1) is 14.2 Å². The quantitative estimate of drug-likeness (QED) is 0.753. The minimum absolute atomic E-state index is 0.279. The number of hydrogen-bond acceptors (Lipinski definition) is 4. The predicted octanol–water partition coefficient (Wildman–Crippen LogP) is 4.11. The van der Waals surface area contributed by atoms with Crippen LogP contribution < -0.4 is 9.47 Å². The highest BCUT2D eigenvalue weighted by atomic mass is 16.6. The van der Waals surface area contributed by atoms with E-state index in [2.05, 4.69) is 13.8 Å². The largest absolute Gasteiger partial charge is 0.496 e. The Bertz CT molecular complexity index is 650. The number of carbonyl (C=O) groups is 1. The van der Waals surface area contributed by atoms with Crippen LogP contribution in [-0.4, -0.2) is 20.2 Å². The topological polar surface area (TPSA) is 44.8 Å². The molecule has 1 unspecified atom stereocenters. The standard InChI is InChI=1S/C19H22O4/c1-13(2)16-12-15(10-11-17(16)21-3)23-18(19(20)22-4)14-8-6-5-7-9-14/h5-13,18H,1-4H3. The van der Waals surface area contributed by atoms with Crippen LogP contribution in [0.1, 0.15) is 37.0 Å². The van der Waals surface area contributed by atoms with E-state index in [0.29, 0.717) is 5.75 Å². The third kappa shape index (κ3) is 4.03. The van der Waals surface area contributed by atoms with Crippen molar-refractivity contribution in [2.45, 2.75) is 25.9 Å². The summed E-state index contributed by atoms with van der Waals surface area (Å²) in [5, 5.41) is 0. The number of hydrogen-bond donors (Lipinski definition) is 0. The lowest BCUT2D eigenvalue weighted by molar-refractivity contribution is -0.149. The molecular formula is C19H22O4. The van der Waals surface area contributed by atoms with Crippen molar-refractivity contribution in [2.75, 3.05) is 14.2 Å². The van der Waals surface area contributed by atoms with Crippen molar-refractivity contribution in [3.8, 4) is 11.5 Å². The first kappa shape index (κ1) is 16.9. The van der Waals surface area contributed by atoms with E-state index in [9.17, 15) is 4.79 Å². The van der Waals surface area contributed by atoms with Gasteiger partial charge in [0, 0.05) is 11.1 Å². The molecule has 0 saturated carbocycles. The second kappa shape index (κ2) is 7.68. The molecule has 0 radical (unpaired) electrons. The zero-order chi connectivity index (χ0) is 16.8. The summed E-state index contributed by atoms with van der Waals surface area (Å²) in [6, 6.07) is 14.9. The zero-order valence-corrected chi connectivity index (χ0v) is 13.9. The van der Waals surface area contributed by atoms with Crippen molar-refractivity contribution < 1.29 is 19.0 Å². The van der Waals surface area contributed by atoms with E-state index in [1.54, 1.807) is 13.2 Å². The molecule has 1 atom stereocenters. The first-order chi connectivity index (χ1) is 11.1. The maximum Gasteiger partial charge on any atom is 0.351 e. The molecule has 0 fully saturated rings. The average molecular weight is 314 g/mol. The Hall–Kier alpha value is -2.49. The Morgan fingerprint density at radius 2 is 1.70 bits per heavy atom. The summed E-state index contributed by atoms with van der Waals surface area (Å²) in [6.07, 6.45) is -0.797. The van der Waals surface area contributed by atoms with Crippen LogP contribution in [0.2, 0.25) is 0 Å². The lowest BCUT2D eigenvalue weighted by Crippen LogP contribution is -2.20. The van der Waals surface area contributed by atoms with E-state index in [1.807, 2.05) is 42.5 Å². The molecule has 0 aliphatic heterocycles. The second-order valence-corrected chi connectivity index (χ2v) is 5.49. The van der Waals surface area contributed by atoms with E-state index >= 15 is 0 Å². The maximum atomic E-state index is 12.1. The van der Waals surface area contributed by atoms with E-state index in [4.69, 9.17) is 14.2 Å². The number of benzene rings is 2. The van der Waals surface area contributed by atoms with Crippen molar-refractivity contribution in [3.63, 3.8) is 0 Å². The molecule has 23 heavy (non-hydrogen) atoms. The number of esters is 1. The van der Waals surface area contributed by atoms with Gasteiger partial charge in [0.25, 0.3) is 0 Å². The normalized spacial score (nSPS) is 11.9. The van der Waals surface area contributed by atoms with Gasteiger partial charge in [0.15, 0.2) is 0 Å². The van der Waals surface area contributed by atoms with Gasteiger partial charge in [-0.2, -0.15) is 0 Å². The zero-order valence-electron chi connectivity index (χ0n) is 13.9. The molecule has 0 aliphatic carbocycles. The van der Waals surface area contributed by atoms with Gasteiger partial charge in [-0.15, -0.1) is 0 Å². The number of ether oxygens (including phenoxy) is 3. The molecule has 4 nitrogen and oxygen atoms in total. The Morgan fingerprint density at radius 1 is 1.00 bits per heavy atom. The molecule has 0 heterocycles. The fraction of sp³-hybridized carbons (Fsp3) is 0.316. The molecule has 122 valence electrons. The van der Waals surface area contributed by atoms with Gasteiger partial charge in [-0.3, -0.25) is 0 Å². The summed E-state index contributed by atoms with van der Waals surface area (Å²) in [6.45, 7) is 4.16. The SMILES string of the molecule is COC(=O)C(Oc1ccc(OC)c(C(C)C)c1)c1ccccc1. The van der Waals surface area contributed by atoms with Crippen LogP contribution in [0.25, 0.3) is 0 Å². The molecule has 0 N–H and O–H groups in total. The Kier molecular flexibility index (Phi) is 5.63. The molecule has 2 aromatic carbocycles. The summed E-state index contributed by atoms with van der Waals surface area (Å²) < 4.78 is 16.2. The summed E-state index contributed by atoms with van der Waals surface area (Å²) in [5.41, 5.74) is 1.78. The molecule has 0 bridgehead atoms. The lowest BCUT2D eigenvalue weighted by atomic mass is 10.0. The van der Waals surface area contributed by atoms with Crippen molar-refractivity contribution in [3.05, 3.63) is 59.7 Å². The van der Waals surface area contributed by atoms with Gasteiger partial charge in [0.1, 0.15) is 11.5 Å². The highest BCUT2D eigenvalue weighted by Crippen LogP contribution is 2.32. The molecule has 4 heteroatoms. The molecule has 0 aliphatic rings. The summed E-state index contributed by atoms with van der Waals surface area (Å²) in [5.74, 6) is 1.26. The third-order valence-electron chi connectivity index (χ3n) is 3.59. The average Bonchev–Trinajstić information content (AvgIpc) is 2.59. The van der Waals surface area contributed by atoms with E-state index in [1.165, 1.54) is 7.11 Å². The molecule has 0 aromatic heterocycles. The smallest absolute Gasteiger partial charge is 0.351 e. The minimum atomic E-state index is -0.797. The van der Waals surface area contributed by atoms with E-state index in [-0.39, 0.29) is 5.92 Å². The Morgan fingerprint density at radius 3 is 2.26 bits per heavy atom. The van der Waals surface area contributed by atoms with Crippen LogP contribution >= 0.6 is 0 Å².